The van der Waals surface area contributed by atoms with Gasteiger partial charge in [-0.3, -0.25) is 9.78 Å². The van der Waals surface area contributed by atoms with E-state index in [-0.39, 0.29) is 11.4 Å². The molecular formula is C15H11ClF3N7O. The second kappa shape index (κ2) is 7.27. The molecule has 0 aromatic carbocycles. The molecule has 0 fully saturated rings. The lowest BCUT2D eigenvalue weighted by Gasteiger charge is -2.16. The van der Waals surface area contributed by atoms with E-state index in [1.165, 1.54) is 29.6 Å². The number of rotatable bonds is 4. The molecule has 0 spiro atoms. The van der Waals surface area contributed by atoms with Crippen LogP contribution in [-0.4, -0.2) is 35.9 Å². The molecule has 8 nitrogen and oxygen atoms in total. The molecule has 140 valence electrons. The fraction of sp³-hybridized carbons (Fsp3) is 0.200. The summed E-state index contributed by atoms with van der Waals surface area (Å²) in [6.45, 7) is 1.60. The molecule has 0 radical (unpaired) electrons. The van der Waals surface area contributed by atoms with Crippen molar-refractivity contribution in [3.63, 3.8) is 0 Å². The van der Waals surface area contributed by atoms with Gasteiger partial charge in [0.2, 0.25) is 0 Å². The normalized spacial score (nSPS) is 12.6. The standard InChI is InChI=1S/C15H11ClF3N7O/c1-8(12-13(21-3-2-20-12)26-22-4-5-23-26)24-14(27)9-6-10(15(17,18)19)25-11(16)7-9/h2-8H,1H3,(H,24,27). The summed E-state index contributed by atoms with van der Waals surface area (Å²) in [6, 6.07) is 0.972. The third-order valence-corrected chi connectivity index (χ3v) is 3.61. The minimum atomic E-state index is -4.73. The molecule has 3 rings (SSSR count). The maximum atomic E-state index is 12.9. The number of carbonyl (C=O) groups is 1. The average Bonchev–Trinajstić information content (AvgIpc) is 3.15. The summed E-state index contributed by atoms with van der Waals surface area (Å²) in [7, 11) is 0. The third kappa shape index (κ3) is 4.19. The molecule has 1 N–H and O–H groups in total. The van der Waals surface area contributed by atoms with Gasteiger partial charge < -0.3 is 5.32 Å². The van der Waals surface area contributed by atoms with Gasteiger partial charge in [-0.1, -0.05) is 11.6 Å². The van der Waals surface area contributed by atoms with Crippen molar-refractivity contribution >= 4 is 17.5 Å². The second-order valence-electron chi connectivity index (χ2n) is 5.34. The molecule has 3 aromatic heterocycles. The van der Waals surface area contributed by atoms with Gasteiger partial charge in [0.15, 0.2) is 5.82 Å². The number of amides is 1. The topological polar surface area (TPSA) is 98.5 Å². The number of pyridine rings is 1. The number of hydrogen-bond donors (Lipinski definition) is 1. The van der Waals surface area contributed by atoms with E-state index in [1.54, 1.807) is 6.92 Å². The van der Waals surface area contributed by atoms with Crippen molar-refractivity contribution < 1.29 is 18.0 Å². The summed E-state index contributed by atoms with van der Waals surface area (Å²) in [6.07, 6.45) is 0.999. The smallest absolute Gasteiger partial charge is 0.344 e. The maximum Gasteiger partial charge on any atom is 0.433 e. The van der Waals surface area contributed by atoms with Crippen molar-refractivity contribution in [2.45, 2.75) is 19.1 Å². The van der Waals surface area contributed by atoms with E-state index >= 15 is 0 Å². The largest absolute Gasteiger partial charge is 0.433 e. The molecule has 0 aliphatic rings. The van der Waals surface area contributed by atoms with Crippen LogP contribution in [0.5, 0.6) is 0 Å². The van der Waals surface area contributed by atoms with Crippen LogP contribution < -0.4 is 5.32 Å². The SMILES string of the molecule is CC(NC(=O)c1cc(Cl)nc(C(F)(F)F)c1)c1nccnc1-n1nccn1. The van der Waals surface area contributed by atoms with Gasteiger partial charge in [0, 0.05) is 18.0 Å². The number of nitrogens with zero attached hydrogens (tertiary/aromatic N) is 6. The molecule has 1 amide bonds. The highest BCUT2D eigenvalue weighted by atomic mass is 35.5. The first kappa shape index (κ1) is 18.7. The van der Waals surface area contributed by atoms with Gasteiger partial charge in [-0.05, 0) is 19.1 Å². The first-order valence-electron chi connectivity index (χ1n) is 7.49. The van der Waals surface area contributed by atoms with E-state index in [4.69, 9.17) is 11.6 Å². The number of hydrogen-bond acceptors (Lipinski definition) is 6. The Kier molecular flexibility index (Phi) is 5.04. The summed E-state index contributed by atoms with van der Waals surface area (Å²) in [4.78, 5) is 25.1. The molecule has 1 unspecified atom stereocenters. The number of carbonyl (C=O) groups excluding carboxylic acids is 1. The molecule has 0 aliphatic heterocycles. The average molecular weight is 398 g/mol. The Labute approximate surface area is 155 Å². The van der Waals surface area contributed by atoms with Gasteiger partial charge >= 0.3 is 6.18 Å². The zero-order chi connectivity index (χ0) is 19.6. The molecule has 27 heavy (non-hydrogen) atoms. The van der Waals surface area contributed by atoms with Gasteiger partial charge in [-0.2, -0.15) is 23.4 Å². The van der Waals surface area contributed by atoms with E-state index < -0.39 is 29.0 Å². The second-order valence-corrected chi connectivity index (χ2v) is 5.73. The van der Waals surface area contributed by atoms with Crippen LogP contribution in [0.4, 0.5) is 13.2 Å². The van der Waals surface area contributed by atoms with Crippen molar-refractivity contribution in [1.82, 2.24) is 35.3 Å². The monoisotopic (exact) mass is 397 g/mol. The Balaban J connectivity index is 1.87. The molecule has 0 saturated carbocycles. The molecule has 0 aliphatic carbocycles. The minimum Gasteiger partial charge on any atom is -0.344 e. The van der Waals surface area contributed by atoms with Crippen LogP contribution in [0.1, 0.15) is 34.7 Å². The van der Waals surface area contributed by atoms with Gasteiger partial charge in [-0.25, -0.2) is 9.97 Å². The van der Waals surface area contributed by atoms with Crippen LogP contribution in [0, 0.1) is 0 Å². The lowest BCUT2D eigenvalue weighted by Crippen LogP contribution is -2.29. The highest BCUT2D eigenvalue weighted by molar-refractivity contribution is 6.29. The quantitative estimate of drug-likeness (QED) is 0.679. The van der Waals surface area contributed by atoms with Crippen molar-refractivity contribution in [2.24, 2.45) is 0 Å². The van der Waals surface area contributed by atoms with Crippen LogP contribution in [-0.2, 0) is 6.18 Å². The van der Waals surface area contributed by atoms with Crippen LogP contribution in [0.25, 0.3) is 5.82 Å². The number of alkyl halides is 3. The number of aromatic nitrogens is 6. The lowest BCUT2D eigenvalue weighted by molar-refractivity contribution is -0.141. The van der Waals surface area contributed by atoms with Crippen LogP contribution in [0.3, 0.4) is 0 Å². The number of nitrogens with one attached hydrogen (secondary N) is 1. The molecule has 3 heterocycles. The predicted molar refractivity (Wildman–Crippen MR) is 87.1 cm³/mol. The maximum absolute atomic E-state index is 12.9. The molecule has 3 aromatic rings. The van der Waals surface area contributed by atoms with E-state index in [2.05, 4.69) is 30.5 Å². The van der Waals surface area contributed by atoms with Crippen LogP contribution in [0.2, 0.25) is 5.15 Å². The highest BCUT2D eigenvalue weighted by Crippen LogP contribution is 2.29. The Bertz CT molecular complexity index is 962. The Hall–Kier alpha value is -3.08. The number of halogens is 4. The highest BCUT2D eigenvalue weighted by Gasteiger charge is 2.34. The zero-order valence-electron chi connectivity index (χ0n) is 13.6. The van der Waals surface area contributed by atoms with Gasteiger partial charge in [0.1, 0.15) is 16.5 Å². The Morgan fingerprint density at radius 3 is 2.48 bits per heavy atom. The minimum absolute atomic E-state index is 0.277. The molecule has 0 saturated heterocycles. The summed E-state index contributed by atoms with van der Waals surface area (Å²) in [5.41, 5.74) is -1.20. The van der Waals surface area contributed by atoms with Gasteiger partial charge in [0.05, 0.1) is 18.4 Å². The van der Waals surface area contributed by atoms with Crippen molar-refractivity contribution in [3.8, 4) is 5.82 Å². The van der Waals surface area contributed by atoms with E-state index in [0.717, 1.165) is 6.07 Å². The summed E-state index contributed by atoms with van der Waals surface area (Å²) in [5, 5.41) is 10.0. The molecule has 0 bridgehead atoms. The Morgan fingerprint density at radius 2 is 1.81 bits per heavy atom. The summed E-state index contributed by atoms with van der Waals surface area (Å²) in [5.74, 6) is -0.499. The fourth-order valence-electron chi connectivity index (χ4n) is 2.25. The zero-order valence-corrected chi connectivity index (χ0v) is 14.4. The van der Waals surface area contributed by atoms with Crippen LogP contribution >= 0.6 is 11.6 Å². The first-order valence-corrected chi connectivity index (χ1v) is 7.86. The van der Waals surface area contributed by atoms with E-state index in [9.17, 15) is 18.0 Å². The van der Waals surface area contributed by atoms with Crippen molar-refractivity contribution in [3.05, 3.63) is 59.0 Å². The molecular weight excluding hydrogens is 387 g/mol. The summed E-state index contributed by atoms with van der Waals surface area (Å²) < 4.78 is 38.6. The first-order chi connectivity index (χ1) is 12.8. The van der Waals surface area contributed by atoms with E-state index in [0.29, 0.717) is 11.8 Å². The predicted octanol–water partition coefficient (Wildman–Crippen LogP) is 2.62. The van der Waals surface area contributed by atoms with Gasteiger partial charge in [0.25, 0.3) is 5.91 Å². The van der Waals surface area contributed by atoms with Crippen molar-refractivity contribution in [1.29, 1.82) is 0 Å². The van der Waals surface area contributed by atoms with Gasteiger partial charge in [-0.15, -0.1) is 4.80 Å². The van der Waals surface area contributed by atoms with E-state index in [1.807, 2.05) is 0 Å². The molecule has 1 atom stereocenters. The lowest BCUT2D eigenvalue weighted by atomic mass is 10.1. The molecule has 12 heteroatoms. The fourth-order valence-corrected chi connectivity index (χ4v) is 2.46. The summed E-state index contributed by atoms with van der Waals surface area (Å²) >= 11 is 5.61. The van der Waals surface area contributed by atoms with Crippen LogP contribution in [0.15, 0.2) is 36.9 Å². The van der Waals surface area contributed by atoms with Crippen molar-refractivity contribution in [2.75, 3.05) is 0 Å². The third-order valence-electron chi connectivity index (χ3n) is 3.42. The Morgan fingerprint density at radius 1 is 1.15 bits per heavy atom.